The summed E-state index contributed by atoms with van der Waals surface area (Å²) in [6.07, 6.45) is 2.45. The Bertz CT molecular complexity index is 835. The van der Waals surface area contributed by atoms with Gasteiger partial charge in [0.25, 0.3) is 0 Å². The summed E-state index contributed by atoms with van der Waals surface area (Å²) >= 11 is 0. The van der Waals surface area contributed by atoms with Crippen molar-refractivity contribution in [1.82, 2.24) is 4.90 Å². The van der Waals surface area contributed by atoms with Gasteiger partial charge in [-0.3, -0.25) is 4.90 Å². The lowest BCUT2D eigenvalue weighted by atomic mass is 9.75. The van der Waals surface area contributed by atoms with E-state index in [1.165, 1.54) is 29.5 Å². The summed E-state index contributed by atoms with van der Waals surface area (Å²) in [5.74, 6) is 1.75. The average molecular weight is 373 g/mol. The number of benzene rings is 3. The third-order valence-corrected chi connectivity index (χ3v) is 5.79. The minimum atomic E-state index is -0.337. The number of rotatable bonds is 6. The first-order valence-electron chi connectivity index (χ1n) is 9.88. The van der Waals surface area contributed by atoms with Gasteiger partial charge in [-0.15, -0.1) is 0 Å². The van der Waals surface area contributed by atoms with Crippen molar-refractivity contribution < 1.29 is 9.47 Å². The second-order valence-corrected chi connectivity index (χ2v) is 7.23. The van der Waals surface area contributed by atoms with Gasteiger partial charge in [0.1, 0.15) is 11.5 Å². The Morgan fingerprint density at radius 1 is 0.607 bits per heavy atom. The second kappa shape index (κ2) is 8.07. The van der Waals surface area contributed by atoms with E-state index in [1.54, 1.807) is 14.2 Å². The summed E-state index contributed by atoms with van der Waals surface area (Å²) in [6, 6.07) is 27.9. The molecule has 0 bridgehead atoms. The number of hydrogen-bond acceptors (Lipinski definition) is 3. The molecule has 1 heterocycles. The van der Waals surface area contributed by atoms with Crippen LogP contribution >= 0.6 is 0 Å². The molecule has 1 saturated heterocycles. The topological polar surface area (TPSA) is 21.7 Å². The summed E-state index contributed by atoms with van der Waals surface area (Å²) in [5.41, 5.74) is 3.46. The van der Waals surface area contributed by atoms with Gasteiger partial charge >= 0.3 is 0 Å². The maximum absolute atomic E-state index is 5.42. The highest BCUT2D eigenvalue weighted by atomic mass is 16.5. The Morgan fingerprint density at radius 2 is 1.04 bits per heavy atom. The van der Waals surface area contributed by atoms with E-state index in [0.29, 0.717) is 0 Å². The molecule has 0 aliphatic carbocycles. The van der Waals surface area contributed by atoms with Crippen molar-refractivity contribution in [2.75, 3.05) is 27.3 Å². The molecule has 3 aromatic carbocycles. The quantitative estimate of drug-likeness (QED) is 0.562. The van der Waals surface area contributed by atoms with Crippen LogP contribution in [0.25, 0.3) is 0 Å². The highest BCUT2D eigenvalue weighted by molar-refractivity contribution is 5.51. The minimum Gasteiger partial charge on any atom is -0.497 e. The molecule has 0 amide bonds. The maximum atomic E-state index is 5.42. The molecule has 0 unspecified atom stereocenters. The molecule has 3 aromatic rings. The number of likely N-dealkylation sites (tertiary alicyclic amines) is 1. The number of hydrogen-bond donors (Lipinski definition) is 0. The molecule has 28 heavy (non-hydrogen) atoms. The summed E-state index contributed by atoms with van der Waals surface area (Å²) < 4.78 is 10.8. The Balaban J connectivity index is 1.97. The minimum absolute atomic E-state index is 0.337. The molecule has 0 saturated carbocycles. The van der Waals surface area contributed by atoms with Gasteiger partial charge in [-0.25, -0.2) is 0 Å². The van der Waals surface area contributed by atoms with E-state index < -0.39 is 0 Å². The van der Waals surface area contributed by atoms with Crippen molar-refractivity contribution in [1.29, 1.82) is 0 Å². The normalized spacial score (nSPS) is 14.8. The van der Waals surface area contributed by atoms with Gasteiger partial charge in [-0.05, 0) is 66.9 Å². The molecule has 4 rings (SSSR count). The fourth-order valence-electron chi connectivity index (χ4n) is 4.44. The van der Waals surface area contributed by atoms with Crippen LogP contribution in [0.5, 0.6) is 11.5 Å². The third kappa shape index (κ3) is 3.16. The van der Waals surface area contributed by atoms with Crippen LogP contribution in [0.4, 0.5) is 0 Å². The summed E-state index contributed by atoms with van der Waals surface area (Å²) in [7, 11) is 3.42. The molecule has 1 aliphatic heterocycles. The Labute approximate surface area is 167 Å². The molecule has 0 atom stereocenters. The van der Waals surface area contributed by atoms with Crippen molar-refractivity contribution in [3.05, 3.63) is 95.6 Å². The van der Waals surface area contributed by atoms with E-state index in [4.69, 9.17) is 9.47 Å². The highest BCUT2D eigenvalue weighted by Crippen LogP contribution is 2.44. The summed E-state index contributed by atoms with van der Waals surface area (Å²) in [6.45, 7) is 2.15. The first kappa shape index (κ1) is 18.6. The van der Waals surface area contributed by atoms with Gasteiger partial charge in [-0.2, -0.15) is 0 Å². The first-order valence-corrected chi connectivity index (χ1v) is 9.88. The van der Waals surface area contributed by atoms with Crippen molar-refractivity contribution in [2.45, 2.75) is 18.4 Å². The molecule has 0 radical (unpaired) electrons. The zero-order chi connectivity index (χ0) is 19.4. The van der Waals surface area contributed by atoms with Crippen molar-refractivity contribution >= 4 is 0 Å². The van der Waals surface area contributed by atoms with E-state index in [2.05, 4.69) is 83.8 Å². The maximum Gasteiger partial charge on any atom is 0.118 e. The van der Waals surface area contributed by atoms with Gasteiger partial charge < -0.3 is 9.47 Å². The van der Waals surface area contributed by atoms with Crippen LogP contribution in [0.2, 0.25) is 0 Å². The molecular weight excluding hydrogens is 346 g/mol. The molecule has 0 aromatic heterocycles. The largest absolute Gasteiger partial charge is 0.497 e. The summed E-state index contributed by atoms with van der Waals surface area (Å²) in [5, 5.41) is 0. The van der Waals surface area contributed by atoms with Gasteiger partial charge in [-0.1, -0.05) is 54.6 Å². The lowest BCUT2D eigenvalue weighted by molar-refractivity contribution is 0.199. The monoisotopic (exact) mass is 373 g/mol. The number of methoxy groups -OCH3 is 2. The van der Waals surface area contributed by atoms with Crippen LogP contribution in [-0.4, -0.2) is 32.2 Å². The Kier molecular flexibility index (Phi) is 5.36. The van der Waals surface area contributed by atoms with E-state index in [1.807, 2.05) is 0 Å². The van der Waals surface area contributed by atoms with E-state index in [-0.39, 0.29) is 5.54 Å². The fraction of sp³-hybridized carbons (Fsp3) is 0.280. The lowest BCUT2D eigenvalue weighted by Crippen LogP contribution is -2.46. The predicted octanol–water partition coefficient (Wildman–Crippen LogP) is 5.09. The molecular formula is C25H27NO2. The molecule has 3 nitrogen and oxygen atoms in total. The zero-order valence-corrected chi connectivity index (χ0v) is 16.6. The van der Waals surface area contributed by atoms with E-state index >= 15 is 0 Å². The Hall–Kier alpha value is -2.78. The smallest absolute Gasteiger partial charge is 0.118 e. The number of ether oxygens (including phenoxy) is 2. The van der Waals surface area contributed by atoms with Gasteiger partial charge in [0.05, 0.1) is 19.8 Å². The SMILES string of the molecule is COc1ccc(C(c2ccccc2)(c2ccc(OC)cc2)N2CCCC2)cc1. The fourth-order valence-corrected chi connectivity index (χ4v) is 4.44. The molecule has 0 N–H and O–H groups in total. The van der Waals surface area contributed by atoms with Crippen molar-refractivity contribution in [3.8, 4) is 11.5 Å². The molecule has 0 spiro atoms. The standard InChI is InChI=1S/C25H27NO2/c1-27-23-14-10-21(11-15-23)25(26-18-6-7-19-26,20-8-4-3-5-9-20)22-12-16-24(28-2)17-13-22/h3-5,8-17H,6-7,18-19H2,1-2H3. The molecule has 3 heteroatoms. The van der Waals surface area contributed by atoms with Crippen LogP contribution in [0.15, 0.2) is 78.9 Å². The Morgan fingerprint density at radius 3 is 1.46 bits per heavy atom. The second-order valence-electron chi connectivity index (χ2n) is 7.23. The number of nitrogens with zero attached hydrogens (tertiary/aromatic N) is 1. The third-order valence-electron chi connectivity index (χ3n) is 5.79. The van der Waals surface area contributed by atoms with Crippen LogP contribution < -0.4 is 9.47 Å². The van der Waals surface area contributed by atoms with Crippen molar-refractivity contribution in [3.63, 3.8) is 0 Å². The average Bonchev–Trinajstić information content (AvgIpc) is 3.31. The molecule has 1 fully saturated rings. The zero-order valence-electron chi connectivity index (χ0n) is 16.6. The van der Waals surface area contributed by atoms with Gasteiger partial charge in [0, 0.05) is 0 Å². The van der Waals surface area contributed by atoms with Crippen LogP contribution in [0.3, 0.4) is 0 Å². The van der Waals surface area contributed by atoms with Crippen LogP contribution in [0, 0.1) is 0 Å². The molecule has 1 aliphatic rings. The summed E-state index contributed by atoms with van der Waals surface area (Å²) in [4.78, 5) is 2.62. The molecule has 144 valence electrons. The highest BCUT2D eigenvalue weighted by Gasteiger charge is 2.43. The van der Waals surface area contributed by atoms with E-state index in [0.717, 1.165) is 24.6 Å². The van der Waals surface area contributed by atoms with Crippen LogP contribution in [0.1, 0.15) is 29.5 Å². The lowest BCUT2D eigenvalue weighted by Gasteiger charge is -2.44. The predicted molar refractivity (Wildman–Crippen MR) is 113 cm³/mol. The van der Waals surface area contributed by atoms with Crippen molar-refractivity contribution in [2.24, 2.45) is 0 Å². The van der Waals surface area contributed by atoms with Crippen LogP contribution in [-0.2, 0) is 5.54 Å². The van der Waals surface area contributed by atoms with Gasteiger partial charge in [0.2, 0.25) is 0 Å². The van der Waals surface area contributed by atoms with Gasteiger partial charge in [0.15, 0.2) is 0 Å². The first-order chi connectivity index (χ1) is 13.8. The van der Waals surface area contributed by atoms with E-state index in [9.17, 15) is 0 Å².